The number of cyclic esters (lactones) is 1. The van der Waals surface area contributed by atoms with Gasteiger partial charge in [-0.2, -0.15) is 0 Å². The summed E-state index contributed by atoms with van der Waals surface area (Å²) in [7, 11) is 0. The lowest BCUT2D eigenvalue weighted by molar-refractivity contribution is -0.119. The van der Waals surface area contributed by atoms with Gasteiger partial charge in [0, 0.05) is 32.9 Å². The number of oxime groups is 1. The lowest BCUT2D eigenvalue weighted by Gasteiger charge is -2.29. The molecule has 26 heavy (non-hydrogen) atoms. The molecule has 2 heterocycles. The van der Waals surface area contributed by atoms with Gasteiger partial charge in [0.05, 0.1) is 30.2 Å². The van der Waals surface area contributed by atoms with Crippen molar-refractivity contribution in [3.05, 3.63) is 24.0 Å². The third kappa shape index (κ3) is 3.87. The second-order valence-corrected chi connectivity index (χ2v) is 6.34. The van der Waals surface area contributed by atoms with Crippen molar-refractivity contribution in [2.24, 2.45) is 5.16 Å². The molecule has 1 aromatic carbocycles. The summed E-state index contributed by atoms with van der Waals surface area (Å²) >= 11 is 0. The lowest BCUT2D eigenvalue weighted by atomic mass is 10.1. The Morgan fingerprint density at radius 2 is 2.15 bits per heavy atom. The van der Waals surface area contributed by atoms with E-state index in [0.717, 1.165) is 0 Å². The molecule has 3 rings (SSSR count). The van der Waals surface area contributed by atoms with Gasteiger partial charge in [0.15, 0.2) is 0 Å². The molecule has 140 valence electrons. The molecular formula is C17H21FN4O4. The van der Waals surface area contributed by atoms with Crippen molar-refractivity contribution in [1.29, 1.82) is 0 Å². The van der Waals surface area contributed by atoms with Gasteiger partial charge in [-0.05, 0) is 18.2 Å². The van der Waals surface area contributed by atoms with Crippen LogP contribution in [0.4, 0.5) is 20.6 Å². The molecule has 0 aliphatic carbocycles. The molecule has 2 aliphatic heterocycles. The minimum atomic E-state index is -0.561. The molecule has 1 unspecified atom stereocenters. The van der Waals surface area contributed by atoms with Crippen LogP contribution in [0.3, 0.4) is 0 Å². The largest absolute Gasteiger partial charge is 0.442 e. The van der Waals surface area contributed by atoms with Crippen LogP contribution in [0, 0.1) is 5.82 Å². The number of nitrogens with zero attached hydrogens (tertiary/aromatic N) is 3. The third-order valence-electron chi connectivity index (χ3n) is 4.52. The average molecular weight is 364 g/mol. The van der Waals surface area contributed by atoms with Crippen molar-refractivity contribution >= 4 is 29.1 Å². The molecule has 2 amide bonds. The number of anilines is 2. The Morgan fingerprint density at radius 3 is 2.77 bits per heavy atom. The number of carbonyl (C=O) groups excluding carboxylic acids is 2. The maximum Gasteiger partial charge on any atom is 0.414 e. The second kappa shape index (κ2) is 7.59. The van der Waals surface area contributed by atoms with Crippen molar-refractivity contribution in [1.82, 2.24) is 5.32 Å². The maximum atomic E-state index is 14.6. The quantitative estimate of drug-likeness (QED) is 0.627. The van der Waals surface area contributed by atoms with E-state index in [-0.39, 0.29) is 19.0 Å². The SMILES string of the molecule is CC(=O)NCC1CN(c2ccc(N3CCC(=NO)CC3)c(F)c2)C(=O)O1. The van der Waals surface area contributed by atoms with Gasteiger partial charge in [-0.3, -0.25) is 9.69 Å². The van der Waals surface area contributed by atoms with Gasteiger partial charge in [0.2, 0.25) is 5.91 Å². The fraction of sp³-hybridized carbons (Fsp3) is 0.471. The van der Waals surface area contributed by atoms with Gasteiger partial charge >= 0.3 is 6.09 Å². The molecule has 1 aromatic rings. The fourth-order valence-corrected chi connectivity index (χ4v) is 3.12. The molecule has 0 spiro atoms. The summed E-state index contributed by atoms with van der Waals surface area (Å²) in [5.41, 5.74) is 1.58. The standard InChI is InChI=1S/C17H21FN4O4/c1-11(23)19-9-14-10-22(17(24)26-14)13-2-3-16(15(18)8-13)21-6-4-12(20-25)5-7-21/h2-3,8,14,25H,4-7,9-10H2,1H3,(H,19,23). The molecule has 2 N–H and O–H groups in total. The van der Waals surface area contributed by atoms with Gasteiger partial charge in [-0.1, -0.05) is 5.16 Å². The van der Waals surface area contributed by atoms with Crippen LogP contribution >= 0.6 is 0 Å². The number of nitrogens with one attached hydrogen (secondary N) is 1. The molecule has 8 nitrogen and oxygen atoms in total. The van der Waals surface area contributed by atoms with E-state index in [1.165, 1.54) is 17.9 Å². The predicted molar refractivity (Wildman–Crippen MR) is 93.4 cm³/mol. The summed E-state index contributed by atoms with van der Waals surface area (Å²) in [6.45, 7) is 3.00. The van der Waals surface area contributed by atoms with Crippen LogP contribution in [-0.4, -0.2) is 55.2 Å². The highest BCUT2D eigenvalue weighted by molar-refractivity contribution is 5.90. The Labute approximate surface area is 150 Å². The lowest BCUT2D eigenvalue weighted by Crippen LogP contribution is -2.34. The van der Waals surface area contributed by atoms with Crippen molar-refractivity contribution in [3.63, 3.8) is 0 Å². The summed E-state index contributed by atoms with van der Waals surface area (Å²) in [5, 5.41) is 14.6. The molecule has 0 saturated carbocycles. The molecular weight excluding hydrogens is 343 g/mol. The molecule has 2 fully saturated rings. The molecule has 2 saturated heterocycles. The Morgan fingerprint density at radius 1 is 1.42 bits per heavy atom. The molecule has 0 bridgehead atoms. The minimum Gasteiger partial charge on any atom is -0.442 e. The van der Waals surface area contributed by atoms with Crippen LogP contribution in [0.1, 0.15) is 19.8 Å². The van der Waals surface area contributed by atoms with Crippen LogP contribution in [0.2, 0.25) is 0 Å². The number of benzene rings is 1. The summed E-state index contributed by atoms with van der Waals surface area (Å²) in [6, 6.07) is 4.63. The average Bonchev–Trinajstić information content (AvgIpc) is 3.01. The van der Waals surface area contributed by atoms with Crippen LogP contribution < -0.4 is 15.1 Å². The summed E-state index contributed by atoms with van der Waals surface area (Å²) in [5.74, 6) is -0.629. The van der Waals surface area contributed by atoms with Crippen molar-refractivity contribution in [2.45, 2.75) is 25.9 Å². The van der Waals surface area contributed by atoms with E-state index < -0.39 is 18.0 Å². The molecule has 0 aromatic heterocycles. The minimum absolute atomic E-state index is 0.203. The van der Waals surface area contributed by atoms with Crippen LogP contribution in [0.5, 0.6) is 0 Å². The van der Waals surface area contributed by atoms with Crippen LogP contribution in [0.15, 0.2) is 23.4 Å². The zero-order valence-electron chi connectivity index (χ0n) is 14.4. The van der Waals surface area contributed by atoms with E-state index in [1.807, 2.05) is 4.90 Å². The first kappa shape index (κ1) is 18.0. The molecule has 2 aliphatic rings. The number of rotatable bonds is 4. The monoisotopic (exact) mass is 364 g/mol. The Balaban J connectivity index is 1.68. The maximum absolute atomic E-state index is 14.6. The first-order valence-corrected chi connectivity index (χ1v) is 8.45. The van der Waals surface area contributed by atoms with Crippen LogP contribution in [-0.2, 0) is 9.53 Å². The molecule has 1 atom stereocenters. The van der Waals surface area contributed by atoms with Gasteiger partial charge in [-0.15, -0.1) is 0 Å². The first-order valence-electron chi connectivity index (χ1n) is 8.45. The number of hydrogen-bond donors (Lipinski definition) is 2. The van der Waals surface area contributed by atoms with Gasteiger partial charge in [0.1, 0.15) is 11.9 Å². The highest BCUT2D eigenvalue weighted by atomic mass is 19.1. The number of carbonyl (C=O) groups is 2. The summed E-state index contributed by atoms with van der Waals surface area (Å²) in [4.78, 5) is 26.2. The van der Waals surface area contributed by atoms with Crippen LogP contribution in [0.25, 0.3) is 0 Å². The van der Waals surface area contributed by atoms with Gasteiger partial charge in [0.25, 0.3) is 0 Å². The molecule has 0 radical (unpaired) electrons. The topological polar surface area (TPSA) is 94.5 Å². The summed E-state index contributed by atoms with van der Waals surface area (Å²) < 4.78 is 19.8. The normalized spacial score (nSPS) is 20.2. The Hall–Kier alpha value is -2.84. The zero-order valence-corrected chi connectivity index (χ0v) is 14.4. The fourth-order valence-electron chi connectivity index (χ4n) is 3.12. The number of halogens is 1. The summed E-state index contributed by atoms with van der Waals surface area (Å²) in [6.07, 6.45) is 0.142. The van der Waals surface area contributed by atoms with E-state index in [2.05, 4.69) is 10.5 Å². The van der Waals surface area contributed by atoms with E-state index in [0.29, 0.717) is 43.0 Å². The van der Waals surface area contributed by atoms with E-state index in [4.69, 9.17) is 9.94 Å². The van der Waals surface area contributed by atoms with Crippen molar-refractivity contribution in [3.8, 4) is 0 Å². The number of hydrogen-bond acceptors (Lipinski definition) is 6. The van der Waals surface area contributed by atoms with Gasteiger partial charge < -0.3 is 20.2 Å². The number of amides is 2. The first-order chi connectivity index (χ1) is 12.5. The van der Waals surface area contributed by atoms with Gasteiger partial charge in [-0.25, -0.2) is 9.18 Å². The van der Waals surface area contributed by atoms with Crippen molar-refractivity contribution < 1.29 is 23.9 Å². The second-order valence-electron chi connectivity index (χ2n) is 6.34. The number of ether oxygens (including phenoxy) is 1. The highest BCUT2D eigenvalue weighted by Gasteiger charge is 2.33. The smallest absolute Gasteiger partial charge is 0.414 e. The van der Waals surface area contributed by atoms with E-state index >= 15 is 0 Å². The number of piperidine rings is 1. The predicted octanol–water partition coefficient (Wildman–Crippen LogP) is 1.72. The van der Waals surface area contributed by atoms with Crippen molar-refractivity contribution in [2.75, 3.05) is 36.0 Å². The Bertz CT molecular complexity index is 729. The van der Waals surface area contributed by atoms with E-state index in [1.54, 1.807) is 12.1 Å². The Kier molecular flexibility index (Phi) is 5.24. The molecule has 9 heteroatoms. The van der Waals surface area contributed by atoms with E-state index in [9.17, 15) is 14.0 Å². The third-order valence-corrected chi connectivity index (χ3v) is 4.52. The zero-order chi connectivity index (χ0) is 18.7. The highest BCUT2D eigenvalue weighted by Crippen LogP contribution is 2.29.